The molecule has 0 aliphatic carbocycles. The van der Waals surface area contributed by atoms with E-state index in [1.807, 2.05) is 6.92 Å². The second kappa shape index (κ2) is 3.53. The van der Waals surface area contributed by atoms with Gasteiger partial charge in [-0.05, 0) is 22.9 Å². The molecule has 1 heterocycles. The quantitative estimate of drug-likeness (QED) is 0.844. The lowest BCUT2D eigenvalue weighted by atomic mass is 10.2. The van der Waals surface area contributed by atoms with Crippen molar-refractivity contribution in [3.63, 3.8) is 0 Å². The maximum atomic E-state index is 13.2. The number of rotatable bonds is 2. The minimum atomic E-state index is -1.15. The summed E-state index contributed by atoms with van der Waals surface area (Å²) in [5, 5.41) is 4.05. The van der Waals surface area contributed by atoms with E-state index >= 15 is 0 Å². The van der Waals surface area contributed by atoms with E-state index in [1.54, 1.807) is 7.05 Å². The first kappa shape index (κ1) is 9.67. The van der Waals surface area contributed by atoms with E-state index < -0.39 is 6.17 Å². The maximum Gasteiger partial charge on any atom is 0.155 e. The van der Waals surface area contributed by atoms with Gasteiger partial charge in [0.2, 0.25) is 0 Å². The minimum absolute atomic E-state index is 0.0163. The largest absolute Gasteiger partial charge is 0.327 e. The lowest BCUT2D eigenvalue weighted by Gasteiger charge is -2.05. The van der Waals surface area contributed by atoms with Crippen LogP contribution in [0.1, 0.15) is 17.6 Å². The van der Waals surface area contributed by atoms with Crippen LogP contribution in [0.4, 0.5) is 4.39 Å². The van der Waals surface area contributed by atoms with Gasteiger partial charge in [-0.3, -0.25) is 4.68 Å². The highest BCUT2D eigenvalue weighted by atomic mass is 79.9. The lowest BCUT2D eigenvalue weighted by molar-refractivity contribution is 0.332. The number of nitrogens with zero attached hydrogens (tertiary/aromatic N) is 2. The molecule has 0 radical (unpaired) electrons. The average molecular weight is 236 g/mol. The third-order valence-electron chi connectivity index (χ3n) is 1.69. The van der Waals surface area contributed by atoms with Gasteiger partial charge < -0.3 is 5.73 Å². The zero-order chi connectivity index (χ0) is 9.30. The van der Waals surface area contributed by atoms with Crippen molar-refractivity contribution in [1.82, 2.24) is 9.78 Å². The number of halogens is 2. The van der Waals surface area contributed by atoms with Gasteiger partial charge in [0.15, 0.2) is 6.17 Å². The van der Waals surface area contributed by atoms with Crippen LogP contribution in [0.25, 0.3) is 0 Å². The molecule has 68 valence electrons. The number of aryl methyl sites for hydroxylation is 2. The van der Waals surface area contributed by atoms with Gasteiger partial charge in [-0.25, -0.2) is 4.39 Å². The van der Waals surface area contributed by atoms with Crippen LogP contribution < -0.4 is 5.73 Å². The van der Waals surface area contributed by atoms with Crippen molar-refractivity contribution in [3.8, 4) is 0 Å². The molecule has 0 aromatic carbocycles. The summed E-state index contributed by atoms with van der Waals surface area (Å²) < 4.78 is 15.4. The summed E-state index contributed by atoms with van der Waals surface area (Å²) in [5.41, 5.74) is 6.50. The number of hydrogen-bond donors (Lipinski definition) is 1. The average Bonchev–Trinajstić information content (AvgIpc) is 2.26. The van der Waals surface area contributed by atoms with Crippen LogP contribution in [0.3, 0.4) is 0 Å². The third-order valence-corrected chi connectivity index (χ3v) is 2.67. The second-order valence-corrected chi connectivity index (χ2v) is 3.40. The van der Waals surface area contributed by atoms with Crippen molar-refractivity contribution in [2.24, 2.45) is 12.8 Å². The number of hydrogen-bond acceptors (Lipinski definition) is 2. The molecule has 1 unspecified atom stereocenters. The van der Waals surface area contributed by atoms with Crippen LogP contribution in [0.2, 0.25) is 0 Å². The Hall–Kier alpha value is -0.420. The van der Waals surface area contributed by atoms with Crippen molar-refractivity contribution in [2.75, 3.05) is 6.54 Å². The van der Waals surface area contributed by atoms with Crippen LogP contribution >= 0.6 is 15.9 Å². The van der Waals surface area contributed by atoms with Crippen LogP contribution in [0.5, 0.6) is 0 Å². The fraction of sp³-hybridized carbons (Fsp3) is 0.571. The Bertz CT molecular complexity index is 284. The fourth-order valence-electron chi connectivity index (χ4n) is 1.10. The molecule has 1 aromatic heterocycles. The molecule has 5 heteroatoms. The van der Waals surface area contributed by atoms with E-state index in [0.717, 1.165) is 5.69 Å². The first-order valence-electron chi connectivity index (χ1n) is 3.61. The van der Waals surface area contributed by atoms with Crippen molar-refractivity contribution < 1.29 is 4.39 Å². The molecule has 2 N–H and O–H groups in total. The summed E-state index contributed by atoms with van der Waals surface area (Å²) in [6, 6.07) is 0. The van der Waals surface area contributed by atoms with E-state index in [4.69, 9.17) is 5.73 Å². The fourth-order valence-corrected chi connectivity index (χ4v) is 1.69. The van der Waals surface area contributed by atoms with Gasteiger partial charge >= 0.3 is 0 Å². The van der Waals surface area contributed by atoms with Crippen molar-refractivity contribution in [2.45, 2.75) is 13.1 Å². The first-order chi connectivity index (χ1) is 5.57. The van der Waals surface area contributed by atoms with Gasteiger partial charge in [0.1, 0.15) is 0 Å². The molecule has 1 aromatic rings. The summed E-state index contributed by atoms with van der Waals surface area (Å²) in [6.45, 7) is 1.80. The predicted octanol–water partition coefficient (Wildman–Crippen LogP) is 1.46. The summed E-state index contributed by atoms with van der Waals surface area (Å²) >= 11 is 3.26. The summed E-state index contributed by atoms with van der Waals surface area (Å²) in [7, 11) is 1.70. The molecule has 0 aliphatic heterocycles. The summed E-state index contributed by atoms with van der Waals surface area (Å²) in [5.74, 6) is 0. The summed E-state index contributed by atoms with van der Waals surface area (Å²) in [4.78, 5) is 0. The summed E-state index contributed by atoms with van der Waals surface area (Å²) in [6.07, 6.45) is -1.15. The molecule has 0 amide bonds. The third kappa shape index (κ3) is 1.51. The highest BCUT2D eigenvalue weighted by Crippen LogP contribution is 2.27. The Morgan fingerprint density at radius 1 is 1.75 bits per heavy atom. The van der Waals surface area contributed by atoms with Crippen LogP contribution in [-0.2, 0) is 7.05 Å². The Balaban J connectivity index is 3.13. The molecule has 0 bridgehead atoms. The molecule has 0 fully saturated rings. The maximum absolute atomic E-state index is 13.2. The SMILES string of the molecule is Cc1nn(C)c(C(F)CN)c1Br. The van der Waals surface area contributed by atoms with E-state index in [0.29, 0.717) is 10.2 Å². The highest BCUT2D eigenvalue weighted by Gasteiger charge is 2.18. The number of alkyl halides is 1. The van der Waals surface area contributed by atoms with E-state index in [9.17, 15) is 4.39 Å². The molecular formula is C7H11BrFN3. The predicted molar refractivity (Wildman–Crippen MR) is 48.5 cm³/mol. The van der Waals surface area contributed by atoms with Gasteiger partial charge in [-0.1, -0.05) is 0 Å². The monoisotopic (exact) mass is 235 g/mol. The van der Waals surface area contributed by atoms with Crippen LogP contribution in [-0.4, -0.2) is 16.3 Å². The first-order valence-corrected chi connectivity index (χ1v) is 4.40. The van der Waals surface area contributed by atoms with Gasteiger partial charge in [-0.15, -0.1) is 0 Å². The zero-order valence-electron chi connectivity index (χ0n) is 7.01. The van der Waals surface area contributed by atoms with Gasteiger partial charge in [0.05, 0.1) is 15.9 Å². The van der Waals surface area contributed by atoms with Crippen LogP contribution in [0, 0.1) is 6.92 Å². The minimum Gasteiger partial charge on any atom is -0.327 e. The van der Waals surface area contributed by atoms with Crippen molar-refractivity contribution >= 4 is 15.9 Å². The van der Waals surface area contributed by atoms with Gasteiger partial charge in [-0.2, -0.15) is 5.10 Å². The Morgan fingerprint density at radius 3 is 2.67 bits per heavy atom. The Kier molecular flexibility index (Phi) is 2.85. The lowest BCUT2D eigenvalue weighted by Crippen LogP contribution is -2.12. The molecule has 0 saturated carbocycles. The molecule has 1 rings (SSSR count). The molecule has 1 atom stereocenters. The number of nitrogens with two attached hydrogens (primary N) is 1. The van der Waals surface area contributed by atoms with E-state index in [-0.39, 0.29) is 6.54 Å². The van der Waals surface area contributed by atoms with Crippen molar-refractivity contribution in [1.29, 1.82) is 0 Å². The zero-order valence-corrected chi connectivity index (χ0v) is 8.60. The number of aromatic nitrogens is 2. The van der Waals surface area contributed by atoms with E-state index in [2.05, 4.69) is 21.0 Å². The van der Waals surface area contributed by atoms with E-state index in [1.165, 1.54) is 4.68 Å². The molecule has 12 heavy (non-hydrogen) atoms. The molecule has 0 spiro atoms. The highest BCUT2D eigenvalue weighted by molar-refractivity contribution is 9.10. The normalized spacial score (nSPS) is 13.4. The molecule has 0 saturated heterocycles. The van der Waals surface area contributed by atoms with Crippen molar-refractivity contribution in [3.05, 3.63) is 15.9 Å². The van der Waals surface area contributed by atoms with Crippen LogP contribution in [0.15, 0.2) is 4.47 Å². The molecule has 3 nitrogen and oxygen atoms in total. The Labute approximate surface area is 78.9 Å². The smallest absolute Gasteiger partial charge is 0.155 e. The molecule has 0 aliphatic rings. The Morgan fingerprint density at radius 2 is 2.33 bits per heavy atom. The molecular weight excluding hydrogens is 225 g/mol. The van der Waals surface area contributed by atoms with Gasteiger partial charge in [0, 0.05) is 13.6 Å². The second-order valence-electron chi connectivity index (χ2n) is 2.61. The topological polar surface area (TPSA) is 43.8 Å². The standard InChI is InChI=1S/C7H11BrFN3/c1-4-6(8)7(5(9)3-10)12(2)11-4/h5H,3,10H2,1-2H3. The van der Waals surface area contributed by atoms with Gasteiger partial charge in [0.25, 0.3) is 0 Å².